The molecule has 1 aromatic rings. The zero-order valence-electron chi connectivity index (χ0n) is 9.86. The number of aromatic nitrogens is 2. The van der Waals surface area contributed by atoms with E-state index in [4.69, 9.17) is 0 Å². The quantitative estimate of drug-likeness (QED) is 0.674. The molecule has 0 saturated carbocycles. The van der Waals surface area contributed by atoms with Gasteiger partial charge in [0.15, 0.2) is 5.78 Å². The Balaban J connectivity index is 2.71. The molecule has 0 aliphatic heterocycles. The van der Waals surface area contributed by atoms with E-state index in [0.29, 0.717) is 5.69 Å². The monoisotopic (exact) mass is 208 g/mol. The minimum atomic E-state index is 0.162. The predicted octanol–water partition coefficient (Wildman–Crippen LogP) is 2.82. The highest BCUT2D eigenvalue weighted by Gasteiger charge is 2.20. The molecular formula is C12H20N2O. The fraction of sp³-hybridized carbons (Fsp3) is 0.667. The summed E-state index contributed by atoms with van der Waals surface area (Å²) in [6.45, 7) is 4.24. The molecule has 1 aromatic heterocycles. The van der Waals surface area contributed by atoms with Crippen LogP contribution in [0.15, 0.2) is 12.3 Å². The Bertz CT molecular complexity index is 311. The molecule has 0 atom stereocenters. The van der Waals surface area contributed by atoms with Crippen molar-refractivity contribution in [2.24, 2.45) is 13.0 Å². The molecule has 0 aliphatic rings. The van der Waals surface area contributed by atoms with Crippen molar-refractivity contribution >= 4 is 5.78 Å². The Morgan fingerprint density at radius 3 is 2.40 bits per heavy atom. The first-order valence-electron chi connectivity index (χ1n) is 5.72. The summed E-state index contributed by atoms with van der Waals surface area (Å²) in [5.41, 5.74) is 0.615. The van der Waals surface area contributed by atoms with Crippen molar-refractivity contribution in [1.29, 1.82) is 0 Å². The number of ketones is 1. The molecule has 0 aliphatic carbocycles. The molecule has 0 bridgehead atoms. The number of Topliss-reactive ketones (excluding diaryl/α,β-unsaturated/α-hetero) is 1. The fourth-order valence-corrected chi connectivity index (χ4v) is 1.86. The predicted molar refractivity (Wildman–Crippen MR) is 60.8 cm³/mol. The van der Waals surface area contributed by atoms with Gasteiger partial charge in [0.05, 0.1) is 0 Å². The van der Waals surface area contributed by atoms with Gasteiger partial charge in [-0.1, -0.05) is 26.7 Å². The van der Waals surface area contributed by atoms with Gasteiger partial charge in [-0.2, -0.15) is 5.10 Å². The van der Waals surface area contributed by atoms with Gasteiger partial charge in [0.2, 0.25) is 0 Å². The van der Waals surface area contributed by atoms with E-state index >= 15 is 0 Å². The number of nitrogens with zero attached hydrogens (tertiary/aromatic N) is 2. The van der Waals surface area contributed by atoms with Gasteiger partial charge in [0.25, 0.3) is 0 Å². The van der Waals surface area contributed by atoms with Crippen molar-refractivity contribution in [3.05, 3.63) is 18.0 Å². The normalized spacial score (nSPS) is 10.9. The van der Waals surface area contributed by atoms with Crippen LogP contribution in [0.5, 0.6) is 0 Å². The number of hydrogen-bond acceptors (Lipinski definition) is 2. The maximum absolute atomic E-state index is 12.1. The molecule has 84 valence electrons. The average molecular weight is 208 g/mol. The highest BCUT2D eigenvalue weighted by Crippen LogP contribution is 2.18. The van der Waals surface area contributed by atoms with Crippen LogP contribution < -0.4 is 0 Å². The third-order valence-corrected chi connectivity index (χ3v) is 2.61. The Labute approximate surface area is 91.5 Å². The van der Waals surface area contributed by atoms with E-state index in [9.17, 15) is 4.79 Å². The Kier molecular flexibility index (Phi) is 4.53. The highest BCUT2D eigenvalue weighted by molar-refractivity contribution is 5.95. The molecule has 3 heteroatoms. The van der Waals surface area contributed by atoms with Crippen LogP contribution in [0.1, 0.15) is 50.0 Å². The molecule has 0 unspecified atom stereocenters. The van der Waals surface area contributed by atoms with Crippen LogP contribution in [0, 0.1) is 5.92 Å². The summed E-state index contributed by atoms with van der Waals surface area (Å²) in [5, 5.41) is 4.16. The van der Waals surface area contributed by atoms with Gasteiger partial charge in [0, 0.05) is 19.2 Å². The largest absolute Gasteiger partial charge is 0.292 e. The SMILES string of the molecule is CCCC(CCC)C(=O)c1ccn(C)n1. The van der Waals surface area contributed by atoms with E-state index in [2.05, 4.69) is 18.9 Å². The van der Waals surface area contributed by atoms with E-state index in [1.807, 2.05) is 13.2 Å². The lowest BCUT2D eigenvalue weighted by molar-refractivity contribution is 0.0899. The van der Waals surface area contributed by atoms with Crippen molar-refractivity contribution in [2.45, 2.75) is 39.5 Å². The molecular weight excluding hydrogens is 188 g/mol. The molecule has 0 spiro atoms. The summed E-state index contributed by atoms with van der Waals surface area (Å²) >= 11 is 0. The molecule has 0 N–H and O–H groups in total. The van der Waals surface area contributed by atoms with Crippen LogP contribution in [0.3, 0.4) is 0 Å². The van der Waals surface area contributed by atoms with Crippen molar-refractivity contribution < 1.29 is 4.79 Å². The smallest absolute Gasteiger partial charge is 0.186 e. The van der Waals surface area contributed by atoms with Crippen LogP contribution in [-0.4, -0.2) is 15.6 Å². The second kappa shape index (κ2) is 5.69. The lowest BCUT2D eigenvalue weighted by atomic mass is 9.92. The van der Waals surface area contributed by atoms with Gasteiger partial charge in [0.1, 0.15) is 5.69 Å². The third-order valence-electron chi connectivity index (χ3n) is 2.61. The number of carbonyl (C=O) groups is 1. The zero-order chi connectivity index (χ0) is 11.3. The van der Waals surface area contributed by atoms with Crippen molar-refractivity contribution in [2.75, 3.05) is 0 Å². The second-order valence-electron chi connectivity index (χ2n) is 4.01. The zero-order valence-corrected chi connectivity index (χ0v) is 9.86. The summed E-state index contributed by atoms with van der Waals surface area (Å²) < 4.78 is 1.68. The lowest BCUT2D eigenvalue weighted by Crippen LogP contribution is -2.15. The summed E-state index contributed by atoms with van der Waals surface area (Å²) in [6.07, 6.45) is 5.89. The van der Waals surface area contributed by atoms with Gasteiger partial charge < -0.3 is 0 Å². The summed E-state index contributed by atoms with van der Waals surface area (Å²) in [7, 11) is 1.84. The topological polar surface area (TPSA) is 34.9 Å². The van der Waals surface area contributed by atoms with Gasteiger partial charge >= 0.3 is 0 Å². The maximum atomic E-state index is 12.1. The number of carbonyl (C=O) groups excluding carboxylic acids is 1. The Hall–Kier alpha value is -1.12. The van der Waals surface area contributed by atoms with Gasteiger partial charge in [-0.05, 0) is 18.9 Å². The molecule has 0 fully saturated rings. The standard InChI is InChI=1S/C12H20N2O/c1-4-6-10(7-5-2)12(15)11-8-9-14(3)13-11/h8-10H,4-7H2,1-3H3. The van der Waals surface area contributed by atoms with E-state index < -0.39 is 0 Å². The molecule has 3 nitrogen and oxygen atoms in total. The average Bonchev–Trinajstić information content (AvgIpc) is 2.63. The van der Waals surface area contributed by atoms with Crippen LogP contribution in [0.4, 0.5) is 0 Å². The molecule has 1 heterocycles. The van der Waals surface area contributed by atoms with E-state index in [1.165, 1.54) is 0 Å². The number of rotatable bonds is 6. The highest BCUT2D eigenvalue weighted by atomic mass is 16.1. The molecule has 0 aromatic carbocycles. The minimum Gasteiger partial charge on any atom is -0.292 e. The molecule has 0 radical (unpaired) electrons. The first kappa shape index (κ1) is 12.0. The third kappa shape index (κ3) is 3.18. The fourth-order valence-electron chi connectivity index (χ4n) is 1.86. The summed E-state index contributed by atoms with van der Waals surface area (Å²) in [5.74, 6) is 0.370. The first-order valence-corrected chi connectivity index (χ1v) is 5.72. The Morgan fingerprint density at radius 1 is 1.40 bits per heavy atom. The first-order chi connectivity index (χ1) is 7.19. The molecule has 15 heavy (non-hydrogen) atoms. The molecule has 1 rings (SSSR count). The van der Waals surface area contributed by atoms with Gasteiger partial charge in [-0.15, -0.1) is 0 Å². The summed E-state index contributed by atoms with van der Waals surface area (Å²) in [6, 6.07) is 1.81. The number of hydrogen-bond donors (Lipinski definition) is 0. The van der Waals surface area contributed by atoms with Gasteiger partial charge in [-0.3, -0.25) is 9.48 Å². The van der Waals surface area contributed by atoms with E-state index in [0.717, 1.165) is 25.7 Å². The van der Waals surface area contributed by atoms with Crippen molar-refractivity contribution in [1.82, 2.24) is 9.78 Å². The van der Waals surface area contributed by atoms with Crippen LogP contribution in [0.25, 0.3) is 0 Å². The van der Waals surface area contributed by atoms with Crippen LogP contribution in [0.2, 0.25) is 0 Å². The van der Waals surface area contributed by atoms with Crippen LogP contribution >= 0.6 is 0 Å². The van der Waals surface area contributed by atoms with Crippen molar-refractivity contribution in [3.63, 3.8) is 0 Å². The van der Waals surface area contributed by atoms with E-state index in [1.54, 1.807) is 10.7 Å². The molecule has 0 amide bonds. The second-order valence-corrected chi connectivity index (χ2v) is 4.01. The van der Waals surface area contributed by atoms with E-state index in [-0.39, 0.29) is 11.7 Å². The maximum Gasteiger partial charge on any atom is 0.186 e. The number of aryl methyl sites for hydroxylation is 1. The van der Waals surface area contributed by atoms with Crippen LogP contribution in [-0.2, 0) is 7.05 Å². The Morgan fingerprint density at radius 2 is 2.00 bits per heavy atom. The molecule has 0 saturated heterocycles. The lowest BCUT2D eigenvalue weighted by Gasteiger charge is -2.11. The van der Waals surface area contributed by atoms with Crippen molar-refractivity contribution in [3.8, 4) is 0 Å². The summed E-state index contributed by atoms with van der Waals surface area (Å²) in [4.78, 5) is 12.1. The minimum absolute atomic E-state index is 0.162. The van der Waals surface area contributed by atoms with Gasteiger partial charge in [-0.25, -0.2) is 0 Å².